The number of nitrogens with zero attached hydrogens (tertiary/aromatic N) is 2. The van der Waals surface area contributed by atoms with Gasteiger partial charge in [-0.05, 0) is 24.5 Å². The number of hydrogen-bond acceptors (Lipinski definition) is 10. The number of nitrogens with two attached hydrogens (primary N) is 1. The van der Waals surface area contributed by atoms with Crippen molar-refractivity contribution < 1.29 is 29.5 Å². The minimum atomic E-state index is -1.13. The minimum absolute atomic E-state index is 0.0449. The monoisotopic (exact) mass is 419 g/mol. The van der Waals surface area contributed by atoms with E-state index in [1.165, 1.54) is 0 Å². The summed E-state index contributed by atoms with van der Waals surface area (Å²) in [5.41, 5.74) is 7.68. The molecule has 11 heteroatoms. The molecule has 1 unspecified atom stereocenters. The van der Waals surface area contributed by atoms with Crippen LogP contribution >= 0.6 is 11.3 Å². The van der Waals surface area contributed by atoms with Crippen LogP contribution in [0.15, 0.2) is 28.7 Å². The lowest BCUT2D eigenvalue weighted by Crippen LogP contribution is -2.36. The summed E-state index contributed by atoms with van der Waals surface area (Å²) in [6.45, 7) is 1.12. The molecule has 1 aliphatic heterocycles. The molecule has 29 heavy (non-hydrogen) atoms. The smallest absolute Gasteiger partial charge is 0.526 e. The molecule has 0 saturated carbocycles. The average Bonchev–Trinajstić information content (AvgIpc) is 3.12. The van der Waals surface area contributed by atoms with E-state index >= 15 is 0 Å². The van der Waals surface area contributed by atoms with E-state index in [2.05, 4.69) is 10.1 Å². The van der Waals surface area contributed by atoms with Gasteiger partial charge in [-0.3, -0.25) is 4.79 Å². The van der Waals surface area contributed by atoms with Crippen LogP contribution < -0.4 is 10.4 Å². The van der Waals surface area contributed by atoms with Crippen LogP contribution in [0.4, 0.5) is 5.13 Å². The van der Waals surface area contributed by atoms with Crippen LogP contribution in [0.25, 0.3) is 0 Å². The van der Waals surface area contributed by atoms with Gasteiger partial charge in [-0.15, -0.1) is 11.3 Å². The minimum Gasteiger partial charge on any atom is -0.536 e. The van der Waals surface area contributed by atoms with Crippen LogP contribution in [0, 0.1) is 6.92 Å². The fourth-order valence-electron chi connectivity index (χ4n) is 3.03. The van der Waals surface area contributed by atoms with Crippen molar-refractivity contribution in [3.05, 3.63) is 40.4 Å². The number of Topliss-reactive ketones (excluding diaryl/α,β-unsaturated/α-hetero) is 1. The number of ketones is 1. The highest BCUT2D eigenvalue weighted by molar-refractivity contribution is 7.13. The van der Waals surface area contributed by atoms with Gasteiger partial charge in [-0.1, -0.05) is 23.4 Å². The summed E-state index contributed by atoms with van der Waals surface area (Å²) in [4.78, 5) is 22.0. The van der Waals surface area contributed by atoms with Gasteiger partial charge in [0.25, 0.3) is 0 Å². The van der Waals surface area contributed by atoms with Gasteiger partial charge in [-0.25, -0.2) is 4.98 Å². The van der Waals surface area contributed by atoms with Gasteiger partial charge < -0.3 is 30.5 Å². The lowest BCUT2D eigenvalue weighted by Gasteiger charge is -2.28. The molecule has 1 aliphatic rings. The number of aryl methyl sites for hydroxylation is 1. The lowest BCUT2D eigenvalue weighted by atomic mass is 9.64. The normalized spacial score (nSPS) is 17.4. The summed E-state index contributed by atoms with van der Waals surface area (Å²) in [6, 6.07) is 5.70. The van der Waals surface area contributed by atoms with Gasteiger partial charge in [-0.2, -0.15) is 0 Å². The number of thiazole rings is 1. The number of benzene rings is 1. The van der Waals surface area contributed by atoms with Crippen molar-refractivity contribution in [3.63, 3.8) is 0 Å². The number of nitrogen functional groups attached to an aromatic ring is 1. The number of anilines is 1. The lowest BCUT2D eigenvalue weighted by molar-refractivity contribution is -0.113. The highest BCUT2D eigenvalue weighted by atomic mass is 32.1. The summed E-state index contributed by atoms with van der Waals surface area (Å²) >= 11 is 1.15. The van der Waals surface area contributed by atoms with Gasteiger partial charge >= 0.3 is 7.12 Å². The summed E-state index contributed by atoms with van der Waals surface area (Å²) in [5.74, 6) is -0.232. The number of aromatic nitrogens is 1. The summed E-state index contributed by atoms with van der Waals surface area (Å²) in [6.07, 6.45) is -0.694. The van der Waals surface area contributed by atoms with E-state index in [4.69, 9.17) is 20.3 Å². The molecule has 0 aliphatic carbocycles. The molecular formula is C18H22BN3O6S. The van der Waals surface area contributed by atoms with Gasteiger partial charge in [0.1, 0.15) is 24.2 Å². The third kappa shape index (κ3) is 5.12. The Morgan fingerprint density at radius 3 is 3.03 bits per heavy atom. The molecule has 0 fully saturated rings. The van der Waals surface area contributed by atoms with Crippen molar-refractivity contribution in [2.24, 2.45) is 5.16 Å². The standard InChI is InChI=1S/C18H22BN3O6S/c1-10-3-2-4-11-5-12(19(26)28-17(10)11)6-15(25)16(14-9-29-18(20)21-14)22-27-8-13(24)7-23/h2-4,9,12-13,23-24,26H,5-8H2,1H3,(H2,20,21)/b22-16-/t12-,13?/m1/s1. The summed E-state index contributed by atoms with van der Waals surface area (Å²) in [5, 5.41) is 34.3. The number of carbonyl (C=O) groups excluding carboxylic acids is 1. The first kappa shape index (κ1) is 21.2. The van der Waals surface area contributed by atoms with Gasteiger partial charge in [0, 0.05) is 17.6 Å². The molecule has 1 aromatic heterocycles. The van der Waals surface area contributed by atoms with E-state index in [0.717, 1.165) is 22.5 Å². The number of hydrogen-bond donors (Lipinski definition) is 4. The van der Waals surface area contributed by atoms with Gasteiger partial charge in [0.05, 0.1) is 6.61 Å². The molecule has 3 rings (SSSR count). The molecule has 0 radical (unpaired) electrons. The predicted molar refractivity (Wildman–Crippen MR) is 109 cm³/mol. The first-order valence-corrected chi connectivity index (χ1v) is 9.93. The number of oxime groups is 1. The molecule has 1 aromatic carbocycles. The molecule has 0 bridgehead atoms. The largest absolute Gasteiger partial charge is 0.536 e. The molecule has 5 N–H and O–H groups in total. The Hall–Kier alpha value is -2.47. The predicted octanol–water partition coefficient (Wildman–Crippen LogP) is 0.553. The molecule has 154 valence electrons. The van der Waals surface area contributed by atoms with E-state index in [-0.39, 0.29) is 29.6 Å². The topological polar surface area (TPSA) is 147 Å². The highest BCUT2D eigenvalue weighted by Gasteiger charge is 2.37. The summed E-state index contributed by atoms with van der Waals surface area (Å²) in [7, 11) is -1.13. The van der Waals surface area contributed by atoms with E-state index in [0.29, 0.717) is 12.2 Å². The zero-order valence-electron chi connectivity index (χ0n) is 15.8. The fraction of sp³-hybridized carbons (Fsp3) is 0.389. The number of aliphatic hydroxyl groups is 2. The van der Waals surface area contributed by atoms with Crippen LogP contribution in [-0.4, -0.2) is 58.2 Å². The van der Waals surface area contributed by atoms with Crippen LogP contribution in [0.5, 0.6) is 5.75 Å². The quantitative estimate of drug-likeness (QED) is 0.276. The number of carbonyl (C=O) groups is 1. The molecule has 2 aromatic rings. The Morgan fingerprint density at radius 2 is 2.34 bits per heavy atom. The van der Waals surface area contributed by atoms with Crippen molar-refractivity contribution >= 4 is 35.1 Å². The molecular weight excluding hydrogens is 397 g/mol. The number of aliphatic hydroxyl groups excluding tert-OH is 2. The Bertz CT molecular complexity index is 905. The summed E-state index contributed by atoms with van der Waals surface area (Å²) < 4.78 is 5.63. The second-order valence-electron chi connectivity index (χ2n) is 6.81. The van der Waals surface area contributed by atoms with Crippen molar-refractivity contribution in [1.82, 2.24) is 4.98 Å². The van der Waals surface area contributed by atoms with Crippen LogP contribution in [-0.2, 0) is 16.1 Å². The zero-order chi connectivity index (χ0) is 21.0. The first-order chi connectivity index (χ1) is 13.9. The van der Waals surface area contributed by atoms with Crippen LogP contribution in [0.3, 0.4) is 0 Å². The molecule has 0 spiro atoms. The molecule has 2 heterocycles. The third-order valence-corrected chi connectivity index (χ3v) is 5.20. The Kier molecular flexibility index (Phi) is 6.85. The van der Waals surface area contributed by atoms with Crippen LogP contribution in [0.2, 0.25) is 5.82 Å². The number of fused-ring (bicyclic) bond motifs is 1. The molecule has 9 nitrogen and oxygen atoms in total. The maximum absolute atomic E-state index is 12.9. The maximum atomic E-state index is 12.9. The Labute approximate surface area is 171 Å². The van der Waals surface area contributed by atoms with Crippen molar-refractivity contribution in [3.8, 4) is 5.75 Å². The second kappa shape index (κ2) is 9.36. The SMILES string of the molecule is Cc1cccc2c1OB(O)[C@@H](CC(=O)/C(=N\OCC(O)CO)c1csc(N)n1)C2. The van der Waals surface area contributed by atoms with Gasteiger partial charge in [0.15, 0.2) is 16.6 Å². The van der Waals surface area contributed by atoms with E-state index < -0.39 is 31.4 Å². The van der Waals surface area contributed by atoms with Crippen molar-refractivity contribution in [2.75, 3.05) is 18.9 Å². The molecule has 0 saturated heterocycles. The third-order valence-electron chi connectivity index (χ3n) is 4.53. The van der Waals surface area contributed by atoms with E-state index in [1.54, 1.807) is 5.38 Å². The second-order valence-corrected chi connectivity index (χ2v) is 7.70. The van der Waals surface area contributed by atoms with Crippen molar-refractivity contribution in [2.45, 2.75) is 31.7 Å². The van der Waals surface area contributed by atoms with Gasteiger partial charge in [0.2, 0.25) is 0 Å². The van der Waals surface area contributed by atoms with Crippen molar-refractivity contribution in [1.29, 1.82) is 0 Å². The Balaban J connectivity index is 1.76. The first-order valence-electron chi connectivity index (χ1n) is 9.05. The Morgan fingerprint density at radius 1 is 1.55 bits per heavy atom. The molecule has 2 atom stereocenters. The van der Waals surface area contributed by atoms with E-state index in [9.17, 15) is 14.9 Å². The average molecular weight is 419 g/mol. The fourth-order valence-corrected chi connectivity index (χ4v) is 3.58. The highest BCUT2D eigenvalue weighted by Crippen LogP contribution is 2.36. The van der Waals surface area contributed by atoms with E-state index in [1.807, 2.05) is 25.1 Å². The number of rotatable bonds is 8. The number of para-hydroxylation sites is 1. The maximum Gasteiger partial charge on any atom is 0.526 e. The zero-order valence-corrected chi connectivity index (χ0v) is 16.6. The molecule has 0 amide bonds. The van der Waals surface area contributed by atoms with Crippen LogP contribution in [0.1, 0.15) is 23.2 Å².